The number of H-pyrrole nitrogens is 1. The van der Waals surface area contributed by atoms with E-state index in [2.05, 4.69) is 32.6 Å². The van der Waals surface area contributed by atoms with Crippen LogP contribution < -0.4 is 10.1 Å². The lowest BCUT2D eigenvalue weighted by Crippen LogP contribution is -2.16. The van der Waals surface area contributed by atoms with Gasteiger partial charge in [0.05, 0.1) is 5.75 Å². The van der Waals surface area contributed by atoms with E-state index in [0.717, 1.165) is 28.1 Å². The van der Waals surface area contributed by atoms with Crippen LogP contribution in [-0.2, 0) is 11.4 Å². The SMILES string of the molecule is Cc1cccc(OCc2nc(SCC(=O)Nc3c(C)cc(C)cc3C)n[nH]2)c1. The van der Waals surface area contributed by atoms with Crippen molar-refractivity contribution in [1.29, 1.82) is 0 Å². The first-order valence-corrected chi connectivity index (χ1v) is 10.0. The number of nitrogens with zero attached hydrogens (tertiary/aromatic N) is 2. The van der Waals surface area contributed by atoms with Crippen molar-refractivity contribution >= 4 is 23.4 Å². The molecule has 28 heavy (non-hydrogen) atoms. The van der Waals surface area contributed by atoms with Gasteiger partial charge in [0.1, 0.15) is 12.4 Å². The van der Waals surface area contributed by atoms with Gasteiger partial charge in [-0.1, -0.05) is 41.6 Å². The number of hydrogen-bond acceptors (Lipinski definition) is 5. The highest BCUT2D eigenvalue weighted by atomic mass is 32.2. The molecular weight excluding hydrogens is 372 g/mol. The highest BCUT2D eigenvalue weighted by Gasteiger charge is 2.11. The monoisotopic (exact) mass is 396 g/mol. The summed E-state index contributed by atoms with van der Waals surface area (Å²) >= 11 is 1.29. The molecule has 0 saturated heterocycles. The summed E-state index contributed by atoms with van der Waals surface area (Å²) in [7, 11) is 0. The molecule has 0 aliphatic rings. The molecule has 1 amide bonds. The maximum absolute atomic E-state index is 12.3. The van der Waals surface area contributed by atoms with Gasteiger partial charge < -0.3 is 10.1 Å². The van der Waals surface area contributed by atoms with Gasteiger partial charge in [-0.15, -0.1) is 5.10 Å². The van der Waals surface area contributed by atoms with Gasteiger partial charge in [-0.05, 0) is 56.5 Å². The summed E-state index contributed by atoms with van der Waals surface area (Å²) in [5, 5.41) is 10.5. The Morgan fingerprint density at radius 1 is 1.11 bits per heavy atom. The van der Waals surface area contributed by atoms with Crippen molar-refractivity contribution in [3.63, 3.8) is 0 Å². The molecule has 3 aromatic rings. The zero-order chi connectivity index (χ0) is 20.1. The van der Waals surface area contributed by atoms with Gasteiger partial charge in [0.25, 0.3) is 0 Å². The number of aromatic amines is 1. The van der Waals surface area contributed by atoms with Crippen LogP contribution in [-0.4, -0.2) is 26.8 Å². The average Bonchev–Trinajstić information content (AvgIpc) is 3.09. The molecule has 7 heteroatoms. The number of anilines is 1. The minimum absolute atomic E-state index is 0.0811. The Bertz CT molecular complexity index is 961. The Hall–Kier alpha value is -2.80. The third-order valence-corrected chi connectivity index (χ3v) is 5.00. The van der Waals surface area contributed by atoms with Gasteiger partial charge in [0, 0.05) is 5.69 Å². The molecule has 2 N–H and O–H groups in total. The number of thioether (sulfide) groups is 1. The van der Waals surface area contributed by atoms with E-state index < -0.39 is 0 Å². The molecule has 0 fully saturated rings. The Labute approximate surface area is 169 Å². The highest BCUT2D eigenvalue weighted by Crippen LogP contribution is 2.23. The summed E-state index contributed by atoms with van der Waals surface area (Å²) in [5.74, 6) is 1.56. The van der Waals surface area contributed by atoms with Crippen molar-refractivity contribution in [2.45, 2.75) is 39.5 Å². The van der Waals surface area contributed by atoms with Gasteiger partial charge in [0.2, 0.25) is 11.1 Å². The molecule has 3 rings (SSSR count). The second-order valence-electron chi connectivity index (χ2n) is 6.78. The van der Waals surface area contributed by atoms with E-state index in [9.17, 15) is 4.79 Å². The molecule has 0 atom stereocenters. The van der Waals surface area contributed by atoms with Gasteiger partial charge in [-0.3, -0.25) is 9.89 Å². The van der Waals surface area contributed by atoms with Crippen LogP contribution >= 0.6 is 11.8 Å². The molecule has 0 bridgehead atoms. The van der Waals surface area contributed by atoms with Gasteiger partial charge in [0.15, 0.2) is 5.82 Å². The third kappa shape index (κ3) is 5.36. The van der Waals surface area contributed by atoms with Crippen LogP contribution in [0.15, 0.2) is 41.6 Å². The first kappa shape index (κ1) is 19.9. The number of benzene rings is 2. The van der Waals surface area contributed by atoms with E-state index in [1.807, 2.05) is 52.0 Å². The van der Waals surface area contributed by atoms with E-state index >= 15 is 0 Å². The lowest BCUT2D eigenvalue weighted by atomic mass is 10.1. The first-order valence-electron chi connectivity index (χ1n) is 9.02. The number of aryl methyl sites for hydroxylation is 4. The van der Waals surface area contributed by atoms with Crippen LogP contribution in [0.3, 0.4) is 0 Å². The summed E-state index contributed by atoms with van der Waals surface area (Å²) in [5.41, 5.74) is 5.31. The first-order chi connectivity index (χ1) is 13.4. The zero-order valence-electron chi connectivity index (χ0n) is 16.5. The molecule has 0 aliphatic carbocycles. The minimum atomic E-state index is -0.0811. The minimum Gasteiger partial charge on any atom is -0.486 e. The number of aromatic nitrogens is 3. The van der Waals surface area contributed by atoms with E-state index in [1.54, 1.807) is 0 Å². The van der Waals surface area contributed by atoms with E-state index in [4.69, 9.17) is 4.74 Å². The standard InChI is InChI=1S/C21H24N4O2S/c1-13-6-5-7-17(10-13)27-11-18-22-21(25-24-18)28-12-19(26)23-20-15(3)8-14(2)9-16(20)4/h5-10H,11-12H2,1-4H3,(H,23,26)(H,22,24,25). The molecule has 2 aromatic carbocycles. The fourth-order valence-corrected chi connectivity index (χ4v) is 3.56. The summed E-state index contributed by atoms with van der Waals surface area (Å²) in [4.78, 5) is 16.7. The maximum atomic E-state index is 12.3. The number of nitrogens with one attached hydrogen (secondary N) is 2. The van der Waals surface area contributed by atoms with Crippen molar-refractivity contribution in [3.8, 4) is 5.75 Å². The predicted molar refractivity (Wildman–Crippen MR) is 112 cm³/mol. The smallest absolute Gasteiger partial charge is 0.234 e. The topological polar surface area (TPSA) is 79.9 Å². The second-order valence-corrected chi connectivity index (χ2v) is 7.72. The summed E-state index contributed by atoms with van der Waals surface area (Å²) < 4.78 is 5.70. The van der Waals surface area contributed by atoms with Crippen molar-refractivity contribution in [1.82, 2.24) is 15.2 Å². The normalized spacial score (nSPS) is 10.7. The number of rotatable bonds is 7. The van der Waals surface area contributed by atoms with E-state index in [0.29, 0.717) is 17.6 Å². The molecule has 0 radical (unpaired) electrons. The Morgan fingerprint density at radius 3 is 2.57 bits per heavy atom. The third-order valence-electron chi connectivity index (χ3n) is 4.15. The molecule has 1 heterocycles. The van der Waals surface area contributed by atoms with Crippen LogP contribution in [0.4, 0.5) is 5.69 Å². The molecular formula is C21H24N4O2S. The van der Waals surface area contributed by atoms with Crippen molar-refractivity contribution in [2.75, 3.05) is 11.1 Å². The quantitative estimate of drug-likeness (QED) is 0.581. The largest absolute Gasteiger partial charge is 0.486 e. The van der Waals surface area contributed by atoms with Gasteiger partial charge >= 0.3 is 0 Å². The van der Waals surface area contributed by atoms with Crippen molar-refractivity contribution in [2.24, 2.45) is 0 Å². The Morgan fingerprint density at radius 2 is 1.86 bits per heavy atom. The summed E-state index contributed by atoms with van der Waals surface area (Å²) in [6.07, 6.45) is 0. The second kappa shape index (κ2) is 8.93. The van der Waals surface area contributed by atoms with Crippen LogP contribution in [0.5, 0.6) is 5.75 Å². The fourth-order valence-electron chi connectivity index (χ4n) is 2.95. The van der Waals surface area contributed by atoms with Crippen LogP contribution in [0.1, 0.15) is 28.1 Å². The molecule has 0 saturated carbocycles. The number of carbonyl (C=O) groups is 1. The molecule has 1 aromatic heterocycles. The van der Waals surface area contributed by atoms with Crippen LogP contribution in [0.25, 0.3) is 0 Å². The van der Waals surface area contributed by atoms with E-state index in [-0.39, 0.29) is 11.7 Å². The number of hydrogen-bond donors (Lipinski definition) is 2. The lowest BCUT2D eigenvalue weighted by molar-refractivity contribution is -0.113. The molecule has 0 aliphatic heterocycles. The maximum Gasteiger partial charge on any atom is 0.234 e. The van der Waals surface area contributed by atoms with Crippen LogP contribution in [0.2, 0.25) is 0 Å². The summed E-state index contributed by atoms with van der Waals surface area (Å²) in [6, 6.07) is 11.9. The predicted octanol–water partition coefficient (Wildman–Crippen LogP) is 4.35. The van der Waals surface area contributed by atoms with Crippen molar-refractivity contribution in [3.05, 3.63) is 64.5 Å². The van der Waals surface area contributed by atoms with Crippen LogP contribution in [0, 0.1) is 27.7 Å². The fraction of sp³-hybridized carbons (Fsp3) is 0.286. The number of amides is 1. The molecule has 6 nitrogen and oxygen atoms in total. The zero-order valence-corrected chi connectivity index (χ0v) is 17.3. The lowest BCUT2D eigenvalue weighted by Gasteiger charge is -2.12. The van der Waals surface area contributed by atoms with Gasteiger partial charge in [-0.2, -0.15) is 0 Å². The average molecular weight is 397 g/mol. The Balaban J connectivity index is 1.51. The van der Waals surface area contributed by atoms with Crippen molar-refractivity contribution < 1.29 is 9.53 Å². The van der Waals surface area contributed by atoms with Gasteiger partial charge in [-0.25, -0.2) is 4.98 Å². The highest BCUT2D eigenvalue weighted by molar-refractivity contribution is 7.99. The molecule has 0 spiro atoms. The number of carbonyl (C=O) groups excluding carboxylic acids is 1. The molecule has 146 valence electrons. The van der Waals surface area contributed by atoms with E-state index in [1.165, 1.54) is 17.3 Å². The number of ether oxygens (including phenoxy) is 1. The molecule has 0 unspecified atom stereocenters. The summed E-state index contributed by atoms with van der Waals surface area (Å²) in [6.45, 7) is 8.35. The Kier molecular flexibility index (Phi) is 6.36.